The third kappa shape index (κ3) is 4.68. The number of amides is 2. The molecule has 1 aromatic heterocycles. The SMILES string of the molecule is NC(=O)c1ccc(NC(=O)Cn2nc(-c3cccc(Br)c3)ccc2=O)cc1. The predicted octanol–water partition coefficient (Wildman–Crippen LogP) is 2.41. The number of rotatable bonds is 5. The van der Waals surface area contributed by atoms with Crippen molar-refractivity contribution in [3.05, 3.63) is 81.1 Å². The highest BCUT2D eigenvalue weighted by molar-refractivity contribution is 9.10. The third-order valence-electron chi connectivity index (χ3n) is 3.73. The molecule has 0 aliphatic rings. The Labute approximate surface area is 163 Å². The van der Waals surface area contributed by atoms with Crippen LogP contribution in [0.5, 0.6) is 0 Å². The maximum atomic E-state index is 12.2. The molecule has 0 radical (unpaired) electrons. The summed E-state index contributed by atoms with van der Waals surface area (Å²) in [4.78, 5) is 35.4. The van der Waals surface area contributed by atoms with Crippen molar-refractivity contribution >= 4 is 33.4 Å². The van der Waals surface area contributed by atoms with Gasteiger partial charge in [-0.1, -0.05) is 28.1 Å². The van der Waals surface area contributed by atoms with E-state index in [1.165, 1.54) is 18.2 Å². The molecule has 3 aromatic rings. The molecular weight excluding hydrogens is 412 g/mol. The van der Waals surface area contributed by atoms with Crippen molar-refractivity contribution in [3.63, 3.8) is 0 Å². The molecule has 2 aromatic carbocycles. The first-order chi connectivity index (χ1) is 12.9. The van der Waals surface area contributed by atoms with Crippen molar-refractivity contribution in [1.29, 1.82) is 0 Å². The lowest BCUT2D eigenvalue weighted by atomic mass is 10.1. The van der Waals surface area contributed by atoms with E-state index in [4.69, 9.17) is 5.73 Å². The van der Waals surface area contributed by atoms with Crippen LogP contribution in [0, 0.1) is 0 Å². The minimum absolute atomic E-state index is 0.238. The number of primary amides is 1. The molecule has 8 heteroatoms. The summed E-state index contributed by atoms with van der Waals surface area (Å²) in [5, 5.41) is 6.92. The van der Waals surface area contributed by atoms with Gasteiger partial charge in [-0.3, -0.25) is 14.4 Å². The zero-order valence-electron chi connectivity index (χ0n) is 14.1. The minimum Gasteiger partial charge on any atom is -0.366 e. The fraction of sp³-hybridized carbons (Fsp3) is 0.0526. The number of halogens is 1. The van der Waals surface area contributed by atoms with E-state index in [2.05, 4.69) is 26.3 Å². The average molecular weight is 427 g/mol. The van der Waals surface area contributed by atoms with E-state index in [1.807, 2.05) is 24.3 Å². The number of nitrogens with one attached hydrogen (secondary N) is 1. The molecule has 3 N–H and O–H groups in total. The quantitative estimate of drug-likeness (QED) is 0.652. The van der Waals surface area contributed by atoms with Crippen LogP contribution in [-0.2, 0) is 11.3 Å². The number of nitrogens with two attached hydrogens (primary N) is 1. The molecule has 7 nitrogen and oxygen atoms in total. The number of anilines is 1. The van der Waals surface area contributed by atoms with Crippen molar-refractivity contribution in [3.8, 4) is 11.3 Å². The lowest BCUT2D eigenvalue weighted by Crippen LogP contribution is -2.29. The van der Waals surface area contributed by atoms with Crippen LogP contribution < -0.4 is 16.6 Å². The van der Waals surface area contributed by atoms with Crippen molar-refractivity contribution in [2.45, 2.75) is 6.54 Å². The van der Waals surface area contributed by atoms with Crippen LogP contribution in [0.3, 0.4) is 0 Å². The van der Waals surface area contributed by atoms with E-state index in [0.717, 1.165) is 14.7 Å². The first kappa shape index (κ1) is 18.5. The van der Waals surface area contributed by atoms with Crippen molar-refractivity contribution < 1.29 is 9.59 Å². The molecule has 3 rings (SSSR count). The van der Waals surface area contributed by atoms with Gasteiger partial charge < -0.3 is 11.1 Å². The molecule has 0 aliphatic heterocycles. The highest BCUT2D eigenvalue weighted by Crippen LogP contribution is 2.20. The molecule has 0 bridgehead atoms. The third-order valence-corrected chi connectivity index (χ3v) is 4.23. The summed E-state index contributed by atoms with van der Waals surface area (Å²) in [6, 6.07) is 16.6. The molecule has 0 saturated carbocycles. The van der Waals surface area contributed by atoms with Gasteiger partial charge in [-0.2, -0.15) is 5.10 Å². The Hall–Kier alpha value is -3.26. The Morgan fingerprint density at radius 1 is 1.07 bits per heavy atom. The Morgan fingerprint density at radius 3 is 2.48 bits per heavy atom. The Balaban J connectivity index is 1.76. The lowest BCUT2D eigenvalue weighted by molar-refractivity contribution is -0.117. The smallest absolute Gasteiger partial charge is 0.267 e. The molecule has 0 unspecified atom stereocenters. The topological polar surface area (TPSA) is 107 Å². The molecule has 2 amide bonds. The van der Waals surface area contributed by atoms with Gasteiger partial charge in [0.05, 0.1) is 5.69 Å². The summed E-state index contributed by atoms with van der Waals surface area (Å²) < 4.78 is 1.99. The number of carbonyl (C=O) groups excluding carboxylic acids is 2. The minimum atomic E-state index is -0.548. The summed E-state index contributed by atoms with van der Waals surface area (Å²) in [6.07, 6.45) is 0. The van der Waals surface area contributed by atoms with Crippen LogP contribution in [0.25, 0.3) is 11.3 Å². The first-order valence-electron chi connectivity index (χ1n) is 7.96. The van der Waals surface area contributed by atoms with Gasteiger partial charge in [-0.15, -0.1) is 0 Å². The van der Waals surface area contributed by atoms with Crippen molar-refractivity contribution in [1.82, 2.24) is 9.78 Å². The molecule has 0 saturated heterocycles. The number of hydrogen-bond donors (Lipinski definition) is 2. The normalized spacial score (nSPS) is 10.4. The number of aromatic nitrogens is 2. The largest absolute Gasteiger partial charge is 0.366 e. The summed E-state index contributed by atoms with van der Waals surface area (Å²) in [5.41, 5.74) is 7.02. The van der Waals surface area contributed by atoms with E-state index in [0.29, 0.717) is 16.9 Å². The van der Waals surface area contributed by atoms with Gasteiger partial charge in [0.2, 0.25) is 11.8 Å². The van der Waals surface area contributed by atoms with Gasteiger partial charge in [-0.25, -0.2) is 4.68 Å². The van der Waals surface area contributed by atoms with Crippen LogP contribution >= 0.6 is 15.9 Å². The standard InChI is InChI=1S/C19H15BrN4O3/c20-14-3-1-2-13(10-14)16-8-9-18(26)24(23-16)11-17(25)22-15-6-4-12(5-7-15)19(21)27/h1-10H,11H2,(H2,21,27)(H,22,25). The molecule has 1 heterocycles. The fourth-order valence-electron chi connectivity index (χ4n) is 2.42. The zero-order chi connectivity index (χ0) is 19.4. The second kappa shape index (κ2) is 7.96. The highest BCUT2D eigenvalue weighted by Gasteiger charge is 2.09. The Bertz CT molecular complexity index is 1060. The van der Waals surface area contributed by atoms with Gasteiger partial charge in [0.15, 0.2) is 0 Å². The number of benzene rings is 2. The van der Waals surface area contributed by atoms with Crippen LogP contribution in [0.4, 0.5) is 5.69 Å². The maximum absolute atomic E-state index is 12.2. The molecule has 0 atom stereocenters. The summed E-state index contributed by atoms with van der Waals surface area (Å²) in [6.45, 7) is -0.238. The van der Waals surface area contributed by atoms with Crippen LogP contribution in [0.15, 0.2) is 69.9 Å². The average Bonchev–Trinajstić information content (AvgIpc) is 2.64. The molecule has 0 spiro atoms. The summed E-state index contributed by atoms with van der Waals surface area (Å²) in [5.74, 6) is -0.962. The second-order valence-electron chi connectivity index (χ2n) is 5.71. The lowest BCUT2D eigenvalue weighted by Gasteiger charge is -2.09. The molecule has 0 aliphatic carbocycles. The van der Waals surface area contributed by atoms with Gasteiger partial charge in [-0.05, 0) is 42.5 Å². The Kier molecular flexibility index (Phi) is 5.46. The molecule has 0 fully saturated rings. The maximum Gasteiger partial charge on any atom is 0.267 e. The Morgan fingerprint density at radius 2 is 1.81 bits per heavy atom. The van der Waals surface area contributed by atoms with Crippen LogP contribution in [0.1, 0.15) is 10.4 Å². The second-order valence-corrected chi connectivity index (χ2v) is 6.63. The zero-order valence-corrected chi connectivity index (χ0v) is 15.6. The van der Waals surface area contributed by atoms with E-state index in [-0.39, 0.29) is 12.1 Å². The van der Waals surface area contributed by atoms with Crippen LogP contribution in [0.2, 0.25) is 0 Å². The molecule has 136 valence electrons. The summed E-state index contributed by atoms with van der Waals surface area (Å²) in [7, 11) is 0. The van der Waals surface area contributed by atoms with Crippen molar-refractivity contribution in [2.75, 3.05) is 5.32 Å². The van der Waals surface area contributed by atoms with E-state index in [1.54, 1.807) is 18.2 Å². The van der Waals surface area contributed by atoms with Gasteiger partial charge >= 0.3 is 0 Å². The number of hydrogen-bond acceptors (Lipinski definition) is 4. The van der Waals surface area contributed by atoms with Gasteiger partial charge in [0.1, 0.15) is 6.54 Å². The fourth-order valence-corrected chi connectivity index (χ4v) is 2.82. The van der Waals surface area contributed by atoms with Gasteiger partial charge in [0.25, 0.3) is 5.56 Å². The van der Waals surface area contributed by atoms with Crippen LogP contribution in [-0.4, -0.2) is 21.6 Å². The first-order valence-corrected chi connectivity index (χ1v) is 8.75. The number of nitrogens with zero attached hydrogens (tertiary/aromatic N) is 2. The summed E-state index contributed by atoms with van der Waals surface area (Å²) >= 11 is 3.39. The van der Waals surface area contributed by atoms with E-state index >= 15 is 0 Å². The van der Waals surface area contributed by atoms with Crippen molar-refractivity contribution in [2.24, 2.45) is 5.73 Å². The van der Waals surface area contributed by atoms with E-state index in [9.17, 15) is 14.4 Å². The monoisotopic (exact) mass is 426 g/mol. The highest BCUT2D eigenvalue weighted by atomic mass is 79.9. The number of carbonyl (C=O) groups is 2. The molecular formula is C19H15BrN4O3. The molecule has 27 heavy (non-hydrogen) atoms. The van der Waals surface area contributed by atoms with E-state index < -0.39 is 11.8 Å². The van der Waals surface area contributed by atoms with Gasteiger partial charge in [0, 0.05) is 27.4 Å². The predicted molar refractivity (Wildman–Crippen MR) is 105 cm³/mol.